The van der Waals surface area contributed by atoms with Crippen molar-refractivity contribution in [3.05, 3.63) is 95.6 Å². The fourth-order valence-electron chi connectivity index (χ4n) is 2.37. The van der Waals surface area contributed by atoms with Crippen LogP contribution in [0.3, 0.4) is 0 Å². The van der Waals surface area contributed by atoms with Crippen LogP contribution in [0.2, 0.25) is 0 Å². The Balaban J connectivity index is 1.72. The van der Waals surface area contributed by atoms with E-state index in [4.69, 9.17) is 14.7 Å². The standard InChI is InChI=1S/C21H19NO3/c23-22-14-19-11-12-20(24-15-17-7-3-1-4-8-17)13-21(19)25-16-18-9-5-2-6-10-18/h1-14,23H,15-16H2/b22-14+. The topological polar surface area (TPSA) is 51.1 Å². The molecule has 126 valence electrons. The molecule has 0 unspecified atom stereocenters. The van der Waals surface area contributed by atoms with E-state index in [1.165, 1.54) is 6.21 Å². The van der Waals surface area contributed by atoms with Gasteiger partial charge >= 0.3 is 0 Å². The third kappa shape index (κ3) is 4.85. The van der Waals surface area contributed by atoms with E-state index in [9.17, 15) is 0 Å². The van der Waals surface area contributed by atoms with Crippen LogP contribution in [0, 0.1) is 0 Å². The number of ether oxygens (including phenoxy) is 2. The molecular weight excluding hydrogens is 314 g/mol. The lowest BCUT2D eigenvalue weighted by molar-refractivity contribution is 0.289. The van der Waals surface area contributed by atoms with Gasteiger partial charge in [-0.05, 0) is 23.3 Å². The minimum Gasteiger partial charge on any atom is -0.489 e. The molecule has 0 atom stereocenters. The van der Waals surface area contributed by atoms with Crippen molar-refractivity contribution in [3.8, 4) is 11.5 Å². The maximum atomic E-state index is 8.83. The minimum atomic E-state index is 0.426. The number of rotatable bonds is 7. The second-order valence-corrected chi connectivity index (χ2v) is 5.49. The zero-order chi connectivity index (χ0) is 17.3. The van der Waals surface area contributed by atoms with Crippen molar-refractivity contribution in [3.63, 3.8) is 0 Å². The first kappa shape index (κ1) is 16.6. The van der Waals surface area contributed by atoms with E-state index in [1.54, 1.807) is 6.07 Å². The lowest BCUT2D eigenvalue weighted by Gasteiger charge is -2.12. The van der Waals surface area contributed by atoms with Crippen molar-refractivity contribution in [2.45, 2.75) is 13.2 Å². The summed E-state index contributed by atoms with van der Waals surface area (Å²) in [6.07, 6.45) is 1.35. The SMILES string of the molecule is O/N=C/c1ccc(OCc2ccccc2)cc1OCc1ccccc1. The van der Waals surface area contributed by atoms with Gasteiger partial charge < -0.3 is 14.7 Å². The fraction of sp³-hybridized carbons (Fsp3) is 0.0952. The first-order valence-corrected chi connectivity index (χ1v) is 8.00. The van der Waals surface area contributed by atoms with Crippen molar-refractivity contribution in [2.24, 2.45) is 5.16 Å². The zero-order valence-corrected chi connectivity index (χ0v) is 13.7. The Morgan fingerprint density at radius 2 is 1.36 bits per heavy atom. The third-order valence-corrected chi connectivity index (χ3v) is 3.67. The molecule has 4 nitrogen and oxygen atoms in total. The molecule has 3 aromatic carbocycles. The zero-order valence-electron chi connectivity index (χ0n) is 13.7. The number of nitrogens with zero attached hydrogens (tertiary/aromatic N) is 1. The molecule has 0 saturated heterocycles. The second kappa shape index (κ2) is 8.55. The maximum absolute atomic E-state index is 8.83. The number of hydrogen-bond acceptors (Lipinski definition) is 4. The van der Waals surface area contributed by atoms with E-state index in [1.807, 2.05) is 72.8 Å². The summed E-state index contributed by atoms with van der Waals surface area (Å²) in [5, 5.41) is 11.9. The highest BCUT2D eigenvalue weighted by Gasteiger charge is 2.06. The first-order chi connectivity index (χ1) is 12.3. The molecule has 0 radical (unpaired) electrons. The Kier molecular flexibility index (Phi) is 5.67. The van der Waals surface area contributed by atoms with Crippen molar-refractivity contribution in [2.75, 3.05) is 0 Å². The van der Waals surface area contributed by atoms with Gasteiger partial charge in [0, 0.05) is 11.6 Å². The van der Waals surface area contributed by atoms with Crippen LogP contribution in [-0.2, 0) is 13.2 Å². The third-order valence-electron chi connectivity index (χ3n) is 3.67. The summed E-state index contributed by atoms with van der Waals surface area (Å²) in [5.41, 5.74) is 2.84. The fourth-order valence-corrected chi connectivity index (χ4v) is 2.37. The molecule has 1 N–H and O–H groups in total. The number of oxime groups is 1. The van der Waals surface area contributed by atoms with E-state index >= 15 is 0 Å². The van der Waals surface area contributed by atoms with Crippen LogP contribution in [0.1, 0.15) is 16.7 Å². The quantitative estimate of drug-likeness (QED) is 0.389. The van der Waals surface area contributed by atoms with Crippen LogP contribution < -0.4 is 9.47 Å². The average molecular weight is 333 g/mol. The summed E-state index contributed by atoms with van der Waals surface area (Å²) in [6, 6.07) is 25.3. The van der Waals surface area contributed by atoms with Gasteiger partial charge in [-0.2, -0.15) is 0 Å². The number of benzene rings is 3. The van der Waals surface area contributed by atoms with Crippen molar-refractivity contribution in [1.29, 1.82) is 0 Å². The van der Waals surface area contributed by atoms with Gasteiger partial charge in [-0.25, -0.2) is 0 Å². The summed E-state index contributed by atoms with van der Waals surface area (Å²) in [4.78, 5) is 0. The predicted molar refractivity (Wildman–Crippen MR) is 97.4 cm³/mol. The van der Waals surface area contributed by atoms with Gasteiger partial charge in [-0.15, -0.1) is 0 Å². The number of hydrogen-bond donors (Lipinski definition) is 1. The summed E-state index contributed by atoms with van der Waals surface area (Å²) < 4.78 is 11.7. The van der Waals surface area contributed by atoms with Crippen LogP contribution in [-0.4, -0.2) is 11.4 Å². The molecule has 0 aliphatic carbocycles. The highest BCUT2D eigenvalue weighted by molar-refractivity contribution is 5.83. The maximum Gasteiger partial charge on any atom is 0.132 e. The van der Waals surface area contributed by atoms with Gasteiger partial charge in [0.25, 0.3) is 0 Å². The predicted octanol–water partition coefficient (Wildman–Crippen LogP) is 4.65. The lowest BCUT2D eigenvalue weighted by atomic mass is 10.2. The van der Waals surface area contributed by atoms with Crippen LogP contribution in [0.4, 0.5) is 0 Å². The van der Waals surface area contributed by atoms with E-state index < -0.39 is 0 Å². The average Bonchev–Trinajstić information content (AvgIpc) is 2.68. The second-order valence-electron chi connectivity index (χ2n) is 5.49. The van der Waals surface area contributed by atoms with Crippen molar-refractivity contribution < 1.29 is 14.7 Å². The van der Waals surface area contributed by atoms with E-state index in [2.05, 4.69) is 5.16 Å². The molecule has 0 saturated carbocycles. The first-order valence-electron chi connectivity index (χ1n) is 8.00. The van der Waals surface area contributed by atoms with E-state index in [0.717, 1.165) is 11.1 Å². The van der Waals surface area contributed by atoms with Gasteiger partial charge in [0.05, 0.1) is 6.21 Å². The van der Waals surface area contributed by atoms with Gasteiger partial charge in [-0.3, -0.25) is 0 Å². The molecular formula is C21H19NO3. The molecule has 3 aromatic rings. The molecule has 0 heterocycles. The Bertz CT molecular complexity index is 817. The van der Waals surface area contributed by atoms with Gasteiger partial charge in [0.1, 0.15) is 24.7 Å². The minimum absolute atomic E-state index is 0.426. The molecule has 0 amide bonds. The summed E-state index contributed by atoms with van der Waals surface area (Å²) in [5.74, 6) is 1.30. The van der Waals surface area contributed by atoms with Crippen molar-refractivity contribution in [1.82, 2.24) is 0 Å². The monoisotopic (exact) mass is 333 g/mol. The van der Waals surface area contributed by atoms with E-state index in [0.29, 0.717) is 30.3 Å². The normalized spacial score (nSPS) is 10.7. The van der Waals surface area contributed by atoms with Crippen molar-refractivity contribution >= 4 is 6.21 Å². The largest absolute Gasteiger partial charge is 0.489 e. The van der Waals surface area contributed by atoms with E-state index in [-0.39, 0.29) is 0 Å². The van der Waals surface area contributed by atoms with Gasteiger partial charge in [-0.1, -0.05) is 65.8 Å². The molecule has 0 fully saturated rings. The van der Waals surface area contributed by atoms with Crippen LogP contribution in [0.5, 0.6) is 11.5 Å². The molecule has 0 aromatic heterocycles. The highest BCUT2D eigenvalue weighted by Crippen LogP contribution is 2.25. The van der Waals surface area contributed by atoms with Gasteiger partial charge in [0.15, 0.2) is 0 Å². The Morgan fingerprint density at radius 3 is 1.96 bits per heavy atom. The van der Waals surface area contributed by atoms with Gasteiger partial charge in [0.2, 0.25) is 0 Å². The van der Waals surface area contributed by atoms with Crippen LogP contribution >= 0.6 is 0 Å². The molecule has 0 aliphatic heterocycles. The summed E-state index contributed by atoms with van der Waals surface area (Å²) in [7, 11) is 0. The molecule has 4 heteroatoms. The molecule has 0 aliphatic rings. The Labute approximate surface area is 147 Å². The van der Waals surface area contributed by atoms with Crippen LogP contribution in [0.25, 0.3) is 0 Å². The van der Waals surface area contributed by atoms with Crippen LogP contribution in [0.15, 0.2) is 84.0 Å². The molecule has 0 spiro atoms. The summed E-state index contributed by atoms with van der Waals surface area (Å²) >= 11 is 0. The summed E-state index contributed by atoms with van der Waals surface area (Å²) in [6.45, 7) is 0.904. The lowest BCUT2D eigenvalue weighted by Crippen LogP contribution is -2.00. The highest BCUT2D eigenvalue weighted by atomic mass is 16.5. The Morgan fingerprint density at radius 1 is 0.760 bits per heavy atom. The smallest absolute Gasteiger partial charge is 0.132 e. The molecule has 25 heavy (non-hydrogen) atoms. The molecule has 0 bridgehead atoms. The Hall–Kier alpha value is -3.27. The molecule has 3 rings (SSSR count).